The minimum atomic E-state index is 0.125. The van der Waals surface area contributed by atoms with Crippen molar-refractivity contribution in [3.63, 3.8) is 0 Å². The van der Waals surface area contributed by atoms with Gasteiger partial charge in [0.15, 0.2) is 0 Å². The van der Waals surface area contributed by atoms with Crippen molar-refractivity contribution >= 4 is 27.2 Å². The number of Topliss-reactive ketones (excluding diaryl/α,β-unsaturated/α-hetero) is 1. The van der Waals surface area contributed by atoms with Crippen LogP contribution in [0.4, 0.5) is 0 Å². The molecular formula is C10H9BrN2O. The average Bonchev–Trinajstić information content (AvgIpc) is 2.47. The number of aromatic nitrogens is 2. The third kappa shape index (κ3) is 1.70. The van der Waals surface area contributed by atoms with Crippen LogP contribution in [0.1, 0.15) is 12.7 Å². The molecule has 0 fully saturated rings. The summed E-state index contributed by atoms with van der Waals surface area (Å²) in [6.45, 7) is 1.57. The van der Waals surface area contributed by atoms with Crippen molar-refractivity contribution in [1.82, 2.24) is 9.38 Å². The van der Waals surface area contributed by atoms with Crippen molar-refractivity contribution in [1.29, 1.82) is 0 Å². The third-order valence-electron chi connectivity index (χ3n) is 1.98. The molecule has 0 spiro atoms. The first-order valence-electron chi connectivity index (χ1n) is 4.28. The fourth-order valence-electron chi connectivity index (χ4n) is 1.38. The fraction of sp³-hybridized carbons (Fsp3) is 0.200. The topological polar surface area (TPSA) is 34.4 Å². The van der Waals surface area contributed by atoms with Gasteiger partial charge in [-0.25, -0.2) is 4.98 Å². The van der Waals surface area contributed by atoms with Crippen LogP contribution in [0.5, 0.6) is 0 Å². The minimum Gasteiger partial charge on any atom is -0.303 e. The van der Waals surface area contributed by atoms with E-state index in [1.807, 2.05) is 22.7 Å². The van der Waals surface area contributed by atoms with Crippen LogP contribution in [0.3, 0.4) is 0 Å². The highest BCUT2D eigenvalue weighted by molar-refractivity contribution is 9.10. The zero-order valence-corrected chi connectivity index (χ0v) is 9.28. The molecule has 0 aliphatic heterocycles. The molecule has 72 valence electrons. The Balaban J connectivity index is 2.52. The molecule has 0 aliphatic carbocycles. The van der Waals surface area contributed by atoms with Crippen molar-refractivity contribution in [3.8, 4) is 0 Å². The first-order chi connectivity index (χ1) is 6.66. The normalized spacial score (nSPS) is 10.7. The van der Waals surface area contributed by atoms with E-state index in [0.29, 0.717) is 6.42 Å². The SMILES string of the molecule is CC(=O)Cc1ncc2cc(Br)ccn12. The standard InChI is InChI=1S/C10H9BrN2O/c1-7(14)4-10-12-6-9-5-8(11)2-3-13(9)10/h2-3,5-6H,4H2,1H3. The largest absolute Gasteiger partial charge is 0.303 e. The maximum atomic E-state index is 11.0. The molecule has 0 N–H and O–H groups in total. The molecule has 0 unspecified atom stereocenters. The van der Waals surface area contributed by atoms with Gasteiger partial charge in [-0.15, -0.1) is 0 Å². The molecule has 0 bridgehead atoms. The molecule has 3 nitrogen and oxygen atoms in total. The van der Waals surface area contributed by atoms with Gasteiger partial charge in [-0.05, 0) is 19.1 Å². The Morgan fingerprint density at radius 3 is 3.14 bits per heavy atom. The number of pyridine rings is 1. The molecule has 14 heavy (non-hydrogen) atoms. The Bertz CT molecular complexity index is 490. The lowest BCUT2D eigenvalue weighted by atomic mass is 10.3. The second kappa shape index (κ2) is 3.53. The summed E-state index contributed by atoms with van der Waals surface area (Å²) in [5.74, 6) is 0.917. The van der Waals surface area contributed by atoms with E-state index in [1.54, 1.807) is 13.1 Å². The predicted octanol–water partition coefficient (Wildman–Crippen LogP) is 2.23. The van der Waals surface area contributed by atoms with E-state index in [0.717, 1.165) is 15.8 Å². The van der Waals surface area contributed by atoms with Crippen LogP contribution in [0.15, 0.2) is 29.0 Å². The number of rotatable bonds is 2. The van der Waals surface area contributed by atoms with Crippen molar-refractivity contribution in [2.45, 2.75) is 13.3 Å². The highest BCUT2D eigenvalue weighted by Crippen LogP contribution is 2.14. The van der Waals surface area contributed by atoms with Gasteiger partial charge in [-0.1, -0.05) is 15.9 Å². The van der Waals surface area contributed by atoms with Gasteiger partial charge in [0.05, 0.1) is 18.1 Å². The van der Waals surface area contributed by atoms with Gasteiger partial charge in [-0.2, -0.15) is 0 Å². The lowest BCUT2D eigenvalue weighted by Crippen LogP contribution is -2.01. The highest BCUT2D eigenvalue weighted by atomic mass is 79.9. The first-order valence-corrected chi connectivity index (χ1v) is 5.07. The lowest BCUT2D eigenvalue weighted by molar-refractivity contribution is -0.116. The average molecular weight is 253 g/mol. The van der Waals surface area contributed by atoms with Crippen LogP contribution in [-0.4, -0.2) is 15.2 Å². The van der Waals surface area contributed by atoms with E-state index < -0.39 is 0 Å². The lowest BCUT2D eigenvalue weighted by Gasteiger charge is -1.98. The maximum absolute atomic E-state index is 11.0. The Labute approximate surface area is 89.9 Å². The van der Waals surface area contributed by atoms with E-state index >= 15 is 0 Å². The quantitative estimate of drug-likeness (QED) is 0.822. The van der Waals surface area contributed by atoms with Gasteiger partial charge in [-0.3, -0.25) is 4.79 Å². The number of hydrogen-bond acceptors (Lipinski definition) is 2. The molecule has 0 amide bonds. The summed E-state index contributed by atoms with van der Waals surface area (Å²) in [5, 5.41) is 0. The maximum Gasteiger partial charge on any atom is 0.137 e. The molecule has 2 aromatic rings. The second-order valence-electron chi connectivity index (χ2n) is 3.19. The zero-order valence-electron chi connectivity index (χ0n) is 7.70. The molecule has 2 aromatic heterocycles. The number of carbonyl (C=O) groups is 1. The van der Waals surface area contributed by atoms with Crippen LogP contribution >= 0.6 is 15.9 Å². The number of fused-ring (bicyclic) bond motifs is 1. The first kappa shape index (κ1) is 9.40. The van der Waals surface area contributed by atoms with Crippen molar-refractivity contribution in [3.05, 3.63) is 34.8 Å². The van der Waals surface area contributed by atoms with Gasteiger partial charge < -0.3 is 4.40 Å². The minimum absolute atomic E-state index is 0.125. The molecule has 0 aliphatic rings. The van der Waals surface area contributed by atoms with E-state index in [9.17, 15) is 4.79 Å². The van der Waals surface area contributed by atoms with E-state index in [-0.39, 0.29) is 5.78 Å². The van der Waals surface area contributed by atoms with E-state index in [1.165, 1.54) is 0 Å². The second-order valence-corrected chi connectivity index (χ2v) is 4.11. The van der Waals surface area contributed by atoms with Gasteiger partial charge in [0, 0.05) is 10.7 Å². The van der Waals surface area contributed by atoms with Crippen molar-refractivity contribution < 1.29 is 4.79 Å². The molecule has 0 radical (unpaired) electrons. The Morgan fingerprint density at radius 1 is 1.64 bits per heavy atom. The third-order valence-corrected chi connectivity index (χ3v) is 2.47. The number of nitrogens with zero attached hydrogens (tertiary/aromatic N) is 2. The van der Waals surface area contributed by atoms with Gasteiger partial charge in [0.2, 0.25) is 0 Å². The summed E-state index contributed by atoms with van der Waals surface area (Å²) in [5.41, 5.74) is 0.996. The van der Waals surface area contributed by atoms with Crippen LogP contribution in [-0.2, 0) is 11.2 Å². The van der Waals surface area contributed by atoms with Crippen LogP contribution < -0.4 is 0 Å². The predicted molar refractivity (Wildman–Crippen MR) is 57.3 cm³/mol. The van der Waals surface area contributed by atoms with Gasteiger partial charge in [0.1, 0.15) is 11.6 Å². The van der Waals surface area contributed by atoms with Crippen molar-refractivity contribution in [2.24, 2.45) is 0 Å². The van der Waals surface area contributed by atoms with Crippen LogP contribution in [0, 0.1) is 0 Å². The summed E-state index contributed by atoms with van der Waals surface area (Å²) >= 11 is 3.38. The molecule has 0 saturated carbocycles. The Kier molecular flexibility index (Phi) is 2.37. The van der Waals surface area contributed by atoms with Crippen LogP contribution in [0.25, 0.3) is 5.52 Å². The molecule has 0 aromatic carbocycles. The van der Waals surface area contributed by atoms with Gasteiger partial charge in [0.25, 0.3) is 0 Å². The monoisotopic (exact) mass is 252 g/mol. The Morgan fingerprint density at radius 2 is 2.43 bits per heavy atom. The highest BCUT2D eigenvalue weighted by Gasteiger charge is 2.05. The van der Waals surface area contributed by atoms with Gasteiger partial charge >= 0.3 is 0 Å². The number of carbonyl (C=O) groups excluding carboxylic acids is 1. The number of halogens is 1. The summed E-state index contributed by atoms with van der Waals surface area (Å²) in [6, 6.07) is 3.90. The smallest absolute Gasteiger partial charge is 0.137 e. The zero-order chi connectivity index (χ0) is 10.1. The summed E-state index contributed by atoms with van der Waals surface area (Å²) < 4.78 is 2.94. The fourth-order valence-corrected chi connectivity index (χ4v) is 1.73. The summed E-state index contributed by atoms with van der Waals surface area (Å²) in [7, 11) is 0. The number of ketones is 1. The number of imidazole rings is 1. The molecule has 0 atom stereocenters. The Hall–Kier alpha value is -1.16. The number of hydrogen-bond donors (Lipinski definition) is 0. The molecule has 0 saturated heterocycles. The van der Waals surface area contributed by atoms with E-state index in [4.69, 9.17) is 0 Å². The summed E-state index contributed by atoms with van der Waals surface area (Å²) in [4.78, 5) is 15.2. The molecule has 2 rings (SSSR count). The van der Waals surface area contributed by atoms with E-state index in [2.05, 4.69) is 20.9 Å². The summed E-state index contributed by atoms with van der Waals surface area (Å²) in [6.07, 6.45) is 4.06. The molecule has 4 heteroatoms. The van der Waals surface area contributed by atoms with Crippen LogP contribution in [0.2, 0.25) is 0 Å². The molecular weight excluding hydrogens is 244 g/mol. The van der Waals surface area contributed by atoms with Crippen molar-refractivity contribution in [2.75, 3.05) is 0 Å². The molecule has 2 heterocycles.